The van der Waals surface area contributed by atoms with Crippen molar-refractivity contribution in [1.29, 1.82) is 0 Å². The lowest BCUT2D eigenvalue weighted by Crippen LogP contribution is -2.22. The van der Waals surface area contributed by atoms with E-state index in [2.05, 4.69) is 29.4 Å². The Kier molecular flexibility index (Phi) is 6.90. The molecule has 4 rings (SSSR count). The maximum Gasteiger partial charge on any atom is 0.434 e. The molecule has 2 aliphatic heterocycles. The second-order valence-electron chi connectivity index (χ2n) is 7.94. The van der Waals surface area contributed by atoms with Crippen LogP contribution in [0.1, 0.15) is 44.7 Å². The molecule has 1 saturated heterocycles. The molecule has 0 amide bonds. The number of hydrogen-bond donors (Lipinski definition) is 0. The van der Waals surface area contributed by atoms with E-state index in [-0.39, 0.29) is 24.0 Å². The quantitative estimate of drug-likeness (QED) is 0.468. The van der Waals surface area contributed by atoms with E-state index in [1.807, 2.05) is 37.4 Å². The number of carbonyl (C=O) groups is 1. The van der Waals surface area contributed by atoms with E-state index in [0.717, 1.165) is 23.4 Å². The molecule has 1 radical (unpaired) electrons. The van der Waals surface area contributed by atoms with E-state index < -0.39 is 0 Å². The van der Waals surface area contributed by atoms with Crippen molar-refractivity contribution in [3.8, 4) is 6.01 Å². The first-order valence-corrected chi connectivity index (χ1v) is 10.9. The van der Waals surface area contributed by atoms with Gasteiger partial charge in [-0.3, -0.25) is 4.79 Å². The highest BCUT2D eigenvalue weighted by atomic mass is 16.5. The monoisotopic (exact) mass is 436 g/mol. The van der Waals surface area contributed by atoms with E-state index in [1.54, 1.807) is 11.8 Å². The summed E-state index contributed by atoms with van der Waals surface area (Å²) in [5, 5.41) is 4.72. The number of esters is 1. The minimum Gasteiger partial charge on any atom is -0.466 e. The van der Waals surface area contributed by atoms with E-state index in [9.17, 15) is 4.79 Å². The summed E-state index contributed by atoms with van der Waals surface area (Å²) < 4.78 is 18.1. The number of allylic oxidation sites excluding steroid dienone is 6. The van der Waals surface area contributed by atoms with Crippen LogP contribution in [0, 0.1) is 6.42 Å². The standard InChI is InChI=1S/C24H28N4O4/c1-4-19(30-3)15-32-24-25-21(18-9-11-31-23(29)13-18)14-22(26-24)28-10-8-20(27-28)17-7-5-6-16(2)12-17/h5-8,10,12,14,18-19H,4,9,11,13,15H2,1-3H3/q+1/b20-17+. The van der Waals surface area contributed by atoms with Gasteiger partial charge in [0.1, 0.15) is 18.5 Å². The molecule has 3 heterocycles. The fourth-order valence-corrected chi connectivity index (χ4v) is 3.68. The molecular formula is C24H28N4O4+. The van der Waals surface area contributed by atoms with Crippen molar-refractivity contribution in [2.75, 3.05) is 20.3 Å². The van der Waals surface area contributed by atoms with Gasteiger partial charge in [-0.2, -0.15) is 4.98 Å². The van der Waals surface area contributed by atoms with Gasteiger partial charge < -0.3 is 14.2 Å². The van der Waals surface area contributed by atoms with Crippen molar-refractivity contribution in [3.63, 3.8) is 0 Å². The first-order chi connectivity index (χ1) is 15.6. The number of carbonyl (C=O) groups excluding carboxylic acids is 1. The Hall–Kier alpha value is -3.13. The maximum atomic E-state index is 11.8. The number of methoxy groups -OCH3 is 1. The third-order valence-corrected chi connectivity index (χ3v) is 5.60. The molecule has 1 fully saturated rings. The zero-order valence-electron chi connectivity index (χ0n) is 18.7. The molecule has 167 valence electrons. The van der Waals surface area contributed by atoms with E-state index >= 15 is 0 Å². The summed E-state index contributed by atoms with van der Waals surface area (Å²) in [4.78, 5) is 21.0. The topological polar surface area (TPSA) is 85.9 Å². The van der Waals surface area contributed by atoms with Gasteiger partial charge in [-0.25, -0.2) is 0 Å². The van der Waals surface area contributed by atoms with Gasteiger partial charge >= 0.3 is 17.8 Å². The summed E-state index contributed by atoms with van der Waals surface area (Å²) >= 11 is 0. The Bertz CT molecular complexity index is 1030. The van der Waals surface area contributed by atoms with Crippen molar-refractivity contribution in [2.45, 2.75) is 45.1 Å². The summed E-state index contributed by atoms with van der Waals surface area (Å²) in [6.07, 6.45) is 13.8. The van der Waals surface area contributed by atoms with Crippen LogP contribution in [0.4, 0.5) is 5.82 Å². The highest BCUT2D eigenvalue weighted by Gasteiger charge is 2.29. The third-order valence-electron chi connectivity index (χ3n) is 5.60. The summed E-state index contributed by atoms with van der Waals surface area (Å²) in [5.41, 5.74) is 3.81. The zero-order valence-corrected chi connectivity index (χ0v) is 18.7. The van der Waals surface area contributed by atoms with Crippen LogP contribution in [0.15, 0.2) is 58.5 Å². The molecule has 8 nitrogen and oxygen atoms in total. The molecule has 0 saturated carbocycles. The minimum atomic E-state index is -0.213. The van der Waals surface area contributed by atoms with Crippen LogP contribution < -0.4 is 4.74 Å². The molecule has 1 aromatic heterocycles. The SMILES string of the molecule is CCC(COc1nc(C2CCOC(=O)C2)cc([N+]2=N/C(=C3/[CH]C(C)=CC=C3)C=C2)n1)OC. The van der Waals surface area contributed by atoms with Gasteiger partial charge in [0.05, 0.1) is 30.9 Å². The average molecular weight is 437 g/mol. The fourth-order valence-electron chi connectivity index (χ4n) is 3.68. The minimum absolute atomic E-state index is 0.0449. The lowest BCUT2D eigenvalue weighted by molar-refractivity contribution is -0.435. The predicted octanol–water partition coefficient (Wildman–Crippen LogP) is 4.30. The number of azo groups is 2. The van der Waals surface area contributed by atoms with Crippen LogP contribution in [0.5, 0.6) is 6.01 Å². The number of aromatic nitrogens is 2. The second-order valence-corrected chi connectivity index (χ2v) is 7.94. The number of hydrogen-bond acceptors (Lipinski definition) is 7. The zero-order chi connectivity index (χ0) is 22.5. The number of nitrogens with zero attached hydrogens (tertiary/aromatic N) is 4. The summed E-state index contributed by atoms with van der Waals surface area (Å²) in [5.74, 6) is 0.333. The molecule has 0 N–H and O–H groups in total. The van der Waals surface area contributed by atoms with Crippen LogP contribution in [-0.2, 0) is 14.3 Å². The van der Waals surface area contributed by atoms with Crippen LogP contribution in [-0.4, -0.2) is 47.1 Å². The largest absolute Gasteiger partial charge is 0.466 e. The summed E-state index contributed by atoms with van der Waals surface area (Å²) in [6, 6.07) is 2.12. The van der Waals surface area contributed by atoms with Gasteiger partial charge in [0, 0.05) is 30.5 Å². The normalized spacial score (nSPS) is 23.6. The highest BCUT2D eigenvalue weighted by molar-refractivity contribution is 5.71. The summed E-state index contributed by atoms with van der Waals surface area (Å²) in [7, 11) is 1.66. The lowest BCUT2D eigenvalue weighted by atomic mass is 9.96. The Balaban J connectivity index is 1.65. The third kappa shape index (κ3) is 5.19. The first kappa shape index (κ1) is 22.1. The molecule has 0 bridgehead atoms. The summed E-state index contributed by atoms with van der Waals surface area (Å²) in [6.45, 7) is 4.82. The first-order valence-electron chi connectivity index (χ1n) is 10.9. The molecule has 2 unspecified atom stereocenters. The average Bonchev–Trinajstić information content (AvgIpc) is 3.30. The number of ether oxygens (including phenoxy) is 3. The molecule has 2 atom stereocenters. The highest BCUT2D eigenvalue weighted by Crippen LogP contribution is 2.31. The van der Waals surface area contributed by atoms with E-state index in [1.165, 1.54) is 5.57 Å². The Labute approximate surface area is 188 Å². The Morgan fingerprint density at radius 1 is 1.31 bits per heavy atom. The van der Waals surface area contributed by atoms with E-state index in [0.29, 0.717) is 31.9 Å². The van der Waals surface area contributed by atoms with Gasteiger partial charge in [0.15, 0.2) is 0 Å². The van der Waals surface area contributed by atoms with Crippen LogP contribution in [0.25, 0.3) is 0 Å². The van der Waals surface area contributed by atoms with Crippen molar-refractivity contribution < 1.29 is 23.7 Å². The van der Waals surface area contributed by atoms with Crippen LogP contribution in [0.2, 0.25) is 0 Å². The number of cyclic esters (lactones) is 1. The molecule has 8 heteroatoms. The smallest absolute Gasteiger partial charge is 0.434 e. The predicted molar refractivity (Wildman–Crippen MR) is 117 cm³/mol. The molecule has 0 aromatic carbocycles. The van der Waals surface area contributed by atoms with Crippen molar-refractivity contribution >= 4 is 11.8 Å². The van der Waals surface area contributed by atoms with Gasteiger partial charge in [-0.1, -0.05) is 35.8 Å². The molecule has 3 aliphatic rings. The van der Waals surface area contributed by atoms with Gasteiger partial charge in [0.2, 0.25) is 0 Å². The van der Waals surface area contributed by atoms with Crippen molar-refractivity contribution in [1.82, 2.24) is 9.97 Å². The Morgan fingerprint density at radius 2 is 2.19 bits per heavy atom. The van der Waals surface area contributed by atoms with Gasteiger partial charge in [0.25, 0.3) is 0 Å². The van der Waals surface area contributed by atoms with Gasteiger partial charge in [-0.15, -0.1) is 4.70 Å². The van der Waals surface area contributed by atoms with Crippen LogP contribution >= 0.6 is 0 Å². The second kappa shape index (κ2) is 9.99. The Morgan fingerprint density at radius 3 is 2.94 bits per heavy atom. The lowest BCUT2D eigenvalue weighted by Gasteiger charge is -2.20. The van der Waals surface area contributed by atoms with E-state index in [4.69, 9.17) is 19.3 Å². The van der Waals surface area contributed by atoms with Crippen LogP contribution in [0.3, 0.4) is 0 Å². The van der Waals surface area contributed by atoms with Crippen molar-refractivity contribution in [3.05, 3.63) is 65.5 Å². The number of rotatable bonds is 7. The van der Waals surface area contributed by atoms with Gasteiger partial charge in [-0.05, 0) is 25.3 Å². The maximum absolute atomic E-state index is 11.8. The molecule has 32 heavy (non-hydrogen) atoms. The molecule has 1 aliphatic carbocycles. The molecular weight excluding hydrogens is 408 g/mol. The van der Waals surface area contributed by atoms with Crippen molar-refractivity contribution in [2.24, 2.45) is 5.11 Å². The molecule has 0 spiro atoms. The fraction of sp³-hybridized carbons (Fsp3) is 0.417. The molecule has 1 aromatic rings.